The minimum Gasteiger partial charge on any atom is -0.494 e. The van der Waals surface area contributed by atoms with Crippen LogP contribution in [0.2, 0.25) is 5.02 Å². The predicted octanol–water partition coefficient (Wildman–Crippen LogP) is 5.72. The summed E-state index contributed by atoms with van der Waals surface area (Å²) in [7, 11) is 1.44. The number of hydrogen-bond donors (Lipinski definition) is 1. The summed E-state index contributed by atoms with van der Waals surface area (Å²) in [4.78, 5) is 34.5. The topological polar surface area (TPSA) is 153 Å². The Bertz CT molecular complexity index is 1170. The number of nitrogens with zero attached hydrogens (tertiary/aromatic N) is 5. The molecule has 0 saturated heterocycles. The van der Waals surface area contributed by atoms with E-state index in [-0.39, 0.29) is 22.1 Å². The molecule has 2 aromatic carbocycles. The summed E-state index contributed by atoms with van der Waals surface area (Å²) < 4.78 is 5.47. The molecule has 0 aliphatic heterocycles. The van der Waals surface area contributed by atoms with Crippen LogP contribution in [0.1, 0.15) is 6.92 Å². The van der Waals surface area contributed by atoms with E-state index in [1.807, 2.05) is 4.90 Å². The highest BCUT2D eigenvalue weighted by Crippen LogP contribution is 2.42. The standard InChI is InChI=1S/C21H21ClN6O6/c1-5-7-26(8-6-2)18-11-16(23-13(3)29)17(12-20(18)34-4)24-25-21-15(22)9-14(27(30)31)10-19(21)28(32)33/h5-6,9-12H,1-2,7-8H2,3-4H3,(H,23,29). The number of non-ortho nitro benzene ring substituents is 1. The van der Waals surface area contributed by atoms with Gasteiger partial charge in [-0.05, 0) is 6.07 Å². The smallest absolute Gasteiger partial charge is 0.305 e. The summed E-state index contributed by atoms with van der Waals surface area (Å²) >= 11 is 6.03. The quantitative estimate of drug-likeness (QED) is 0.184. The number of nitrogens with one attached hydrogen (secondary N) is 1. The Morgan fingerprint density at radius 1 is 1.15 bits per heavy atom. The largest absolute Gasteiger partial charge is 0.494 e. The van der Waals surface area contributed by atoms with E-state index in [1.54, 1.807) is 18.2 Å². The first-order chi connectivity index (χ1) is 16.1. The van der Waals surface area contributed by atoms with Crippen LogP contribution in [0.4, 0.5) is 34.1 Å². The lowest BCUT2D eigenvalue weighted by atomic mass is 10.2. The van der Waals surface area contributed by atoms with E-state index >= 15 is 0 Å². The average molecular weight is 489 g/mol. The highest BCUT2D eigenvalue weighted by atomic mass is 35.5. The van der Waals surface area contributed by atoms with Crippen molar-refractivity contribution in [1.29, 1.82) is 0 Å². The van der Waals surface area contributed by atoms with E-state index in [9.17, 15) is 25.0 Å². The second-order valence-electron chi connectivity index (χ2n) is 6.71. The predicted molar refractivity (Wildman–Crippen MR) is 129 cm³/mol. The van der Waals surface area contributed by atoms with Gasteiger partial charge in [-0.15, -0.1) is 23.4 Å². The van der Waals surface area contributed by atoms with E-state index in [1.165, 1.54) is 20.1 Å². The summed E-state index contributed by atoms with van der Waals surface area (Å²) in [6.07, 6.45) is 3.37. The molecule has 2 aromatic rings. The molecule has 0 heterocycles. The molecule has 0 saturated carbocycles. The number of ether oxygens (including phenoxy) is 1. The van der Waals surface area contributed by atoms with Crippen LogP contribution in [-0.2, 0) is 4.79 Å². The lowest BCUT2D eigenvalue weighted by molar-refractivity contribution is -0.393. The first kappa shape index (κ1) is 25.9. The van der Waals surface area contributed by atoms with Gasteiger partial charge in [0.15, 0.2) is 5.69 Å². The van der Waals surface area contributed by atoms with Gasteiger partial charge in [0.1, 0.15) is 11.4 Å². The summed E-state index contributed by atoms with van der Waals surface area (Å²) in [5.41, 5.74) is -0.693. The van der Waals surface area contributed by atoms with E-state index in [2.05, 4.69) is 28.7 Å². The van der Waals surface area contributed by atoms with Gasteiger partial charge in [-0.3, -0.25) is 25.0 Å². The molecule has 0 radical (unpaired) electrons. The van der Waals surface area contributed by atoms with Gasteiger partial charge in [0.25, 0.3) is 5.69 Å². The Morgan fingerprint density at radius 2 is 1.79 bits per heavy atom. The number of azo groups is 1. The van der Waals surface area contributed by atoms with Crippen molar-refractivity contribution in [2.45, 2.75) is 6.92 Å². The number of rotatable bonds is 11. The molecule has 0 aromatic heterocycles. The first-order valence-corrected chi connectivity index (χ1v) is 10.0. The van der Waals surface area contributed by atoms with E-state index < -0.39 is 27.1 Å². The zero-order valence-electron chi connectivity index (χ0n) is 18.4. The molecule has 0 aliphatic carbocycles. The van der Waals surface area contributed by atoms with Crippen molar-refractivity contribution in [2.75, 3.05) is 30.4 Å². The van der Waals surface area contributed by atoms with Gasteiger partial charge in [0.2, 0.25) is 5.91 Å². The minimum atomic E-state index is -0.853. The van der Waals surface area contributed by atoms with Gasteiger partial charge in [-0.25, -0.2) is 0 Å². The summed E-state index contributed by atoms with van der Waals surface area (Å²) in [5, 5.41) is 32.6. The van der Waals surface area contributed by atoms with Gasteiger partial charge < -0.3 is 15.0 Å². The molecule has 34 heavy (non-hydrogen) atoms. The fourth-order valence-electron chi connectivity index (χ4n) is 2.94. The van der Waals surface area contributed by atoms with Crippen molar-refractivity contribution in [2.24, 2.45) is 10.2 Å². The summed E-state index contributed by atoms with van der Waals surface area (Å²) in [6, 6.07) is 4.76. The minimum absolute atomic E-state index is 0.108. The molecule has 13 heteroatoms. The third-order valence-electron chi connectivity index (χ3n) is 4.34. The van der Waals surface area contributed by atoms with E-state index in [0.717, 1.165) is 12.1 Å². The SMILES string of the molecule is C=CCN(CC=C)c1cc(NC(C)=O)c(N=Nc2c(Cl)cc([N+](=O)[O-])cc2[N+](=O)[O-])cc1OC. The van der Waals surface area contributed by atoms with Crippen LogP contribution in [0.3, 0.4) is 0 Å². The van der Waals surface area contributed by atoms with Crippen molar-refractivity contribution in [3.05, 3.63) is 74.8 Å². The number of amides is 1. The number of hydrogen-bond acceptors (Lipinski definition) is 9. The number of anilines is 2. The molecule has 1 amide bonds. The molecule has 0 spiro atoms. The Morgan fingerprint density at radius 3 is 2.29 bits per heavy atom. The molecule has 2 rings (SSSR count). The molecule has 0 fully saturated rings. The summed E-state index contributed by atoms with van der Waals surface area (Å²) in [5.74, 6) is -0.0260. The van der Waals surface area contributed by atoms with Crippen molar-refractivity contribution in [3.8, 4) is 5.75 Å². The van der Waals surface area contributed by atoms with Crippen LogP contribution in [0, 0.1) is 20.2 Å². The molecule has 178 valence electrons. The molecule has 0 bridgehead atoms. The highest BCUT2D eigenvalue weighted by Gasteiger charge is 2.24. The molecule has 0 atom stereocenters. The summed E-state index contributed by atoms with van der Waals surface area (Å²) in [6.45, 7) is 9.67. The van der Waals surface area contributed by atoms with Gasteiger partial charge in [-0.1, -0.05) is 23.8 Å². The average Bonchev–Trinajstić information content (AvgIpc) is 2.77. The first-order valence-electron chi connectivity index (χ1n) is 9.63. The number of methoxy groups -OCH3 is 1. The molecule has 0 aliphatic rings. The lowest BCUT2D eigenvalue weighted by Crippen LogP contribution is -2.24. The van der Waals surface area contributed by atoms with E-state index in [0.29, 0.717) is 24.5 Å². The Kier molecular flexibility index (Phi) is 8.79. The molecular weight excluding hydrogens is 468 g/mol. The molecule has 0 unspecified atom stereocenters. The van der Waals surface area contributed by atoms with Crippen LogP contribution < -0.4 is 15.0 Å². The number of benzene rings is 2. The number of carbonyl (C=O) groups excluding carboxylic acids is 1. The Hall–Kier alpha value is -4.32. The van der Waals surface area contributed by atoms with Crippen LogP contribution in [-0.4, -0.2) is 36.0 Å². The molecular formula is C21H21ClN6O6. The number of halogens is 1. The van der Waals surface area contributed by atoms with Gasteiger partial charge in [0.05, 0.1) is 39.4 Å². The maximum Gasteiger partial charge on any atom is 0.305 e. The van der Waals surface area contributed by atoms with Crippen molar-refractivity contribution in [3.63, 3.8) is 0 Å². The van der Waals surface area contributed by atoms with Crippen molar-refractivity contribution >= 4 is 51.6 Å². The van der Waals surface area contributed by atoms with Crippen molar-refractivity contribution < 1.29 is 19.4 Å². The van der Waals surface area contributed by atoms with Crippen LogP contribution in [0.5, 0.6) is 5.75 Å². The fourth-order valence-corrected chi connectivity index (χ4v) is 3.19. The van der Waals surface area contributed by atoms with Gasteiger partial charge >= 0.3 is 5.69 Å². The second-order valence-corrected chi connectivity index (χ2v) is 7.12. The Labute approximate surface area is 199 Å². The zero-order chi connectivity index (χ0) is 25.4. The maximum absolute atomic E-state index is 11.8. The van der Waals surface area contributed by atoms with Crippen molar-refractivity contribution in [1.82, 2.24) is 0 Å². The van der Waals surface area contributed by atoms with Crippen LogP contribution in [0.15, 0.2) is 59.8 Å². The second kappa shape index (κ2) is 11.5. The van der Waals surface area contributed by atoms with Gasteiger partial charge in [0, 0.05) is 32.1 Å². The maximum atomic E-state index is 11.8. The van der Waals surface area contributed by atoms with E-state index in [4.69, 9.17) is 16.3 Å². The molecule has 1 N–H and O–H groups in total. The lowest BCUT2D eigenvalue weighted by Gasteiger charge is -2.25. The number of nitro benzene ring substituents is 2. The normalized spacial score (nSPS) is 10.6. The molecule has 12 nitrogen and oxygen atoms in total. The third-order valence-corrected chi connectivity index (χ3v) is 4.63. The monoisotopic (exact) mass is 488 g/mol. The highest BCUT2D eigenvalue weighted by molar-refractivity contribution is 6.33. The Balaban J connectivity index is 2.68. The van der Waals surface area contributed by atoms with Gasteiger partial charge in [-0.2, -0.15) is 0 Å². The number of carbonyl (C=O) groups is 1. The van der Waals surface area contributed by atoms with Crippen LogP contribution in [0.25, 0.3) is 0 Å². The third kappa shape index (κ3) is 6.13. The zero-order valence-corrected chi connectivity index (χ0v) is 19.1. The fraction of sp³-hybridized carbons (Fsp3) is 0.190. The van der Waals surface area contributed by atoms with Crippen LogP contribution >= 0.6 is 11.6 Å². The number of nitro groups is 2.